The van der Waals surface area contributed by atoms with Crippen LogP contribution < -0.4 is 15.8 Å². The number of ether oxygens (including phenoxy) is 2. The van der Waals surface area contributed by atoms with Crippen LogP contribution >= 0.6 is 31.9 Å². The first kappa shape index (κ1) is 15.4. The predicted molar refractivity (Wildman–Crippen MR) is 76.9 cm³/mol. The summed E-state index contributed by atoms with van der Waals surface area (Å²) in [5.41, 5.74) is 5.88. The average Bonchev–Trinajstić information content (AvgIpc) is 2.33. The summed E-state index contributed by atoms with van der Waals surface area (Å²) in [5, 5.41) is 2.72. The molecule has 0 unspecified atom stereocenters. The lowest BCUT2D eigenvalue weighted by molar-refractivity contribution is -0.120. The molecule has 0 radical (unpaired) electrons. The van der Waals surface area contributed by atoms with Crippen molar-refractivity contribution in [3.05, 3.63) is 21.1 Å². The van der Waals surface area contributed by atoms with E-state index in [1.54, 1.807) is 19.2 Å². The van der Waals surface area contributed by atoms with Crippen LogP contribution in [0.1, 0.15) is 0 Å². The molecule has 0 aliphatic carbocycles. The van der Waals surface area contributed by atoms with Crippen molar-refractivity contribution in [2.75, 3.05) is 32.2 Å². The third-order valence-electron chi connectivity index (χ3n) is 2.01. The molecule has 7 heteroatoms. The largest absolute Gasteiger partial charge is 0.495 e. The van der Waals surface area contributed by atoms with Crippen molar-refractivity contribution < 1.29 is 14.3 Å². The lowest BCUT2D eigenvalue weighted by Crippen LogP contribution is -2.21. The number of halogens is 2. The van der Waals surface area contributed by atoms with Gasteiger partial charge in [0.05, 0.1) is 23.9 Å². The SMILES string of the molecule is COc1cc(NC(=O)COCCN)c(Br)cc1Br. The van der Waals surface area contributed by atoms with Crippen molar-refractivity contribution in [3.63, 3.8) is 0 Å². The van der Waals surface area contributed by atoms with Crippen LogP contribution in [-0.2, 0) is 9.53 Å². The van der Waals surface area contributed by atoms with E-state index >= 15 is 0 Å². The molecule has 1 rings (SSSR count). The molecule has 0 saturated heterocycles. The molecule has 3 N–H and O–H groups in total. The lowest BCUT2D eigenvalue weighted by Gasteiger charge is -2.11. The molecular weight excluding hydrogens is 368 g/mol. The number of methoxy groups -OCH3 is 1. The molecule has 0 atom stereocenters. The van der Waals surface area contributed by atoms with Crippen LogP contribution in [0.25, 0.3) is 0 Å². The number of anilines is 1. The first-order chi connectivity index (χ1) is 8.58. The summed E-state index contributed by atoms with van der Waals surface area (Å²) in [4.78, 5) is 11.6. The first-order valence-electron chi connectivity index (χ1n) is 5.19. The topological polar surface area (TPSA) is 73.6 Å². The molecule has 0 saturated carbocycles. The van der Waals surface area contributed by atoms with E-state index in [-0.39, 0.29) is 12.5 Å². The molecule has 5 nitrogen and oxygen atoms in total. The highest BCUT2D eigenvalue weighted by molar-refractivity contribution is 9.11. The van der Waals surface area contributed by atoms with Crippen molar-refractivity contribution in [3.8, 4) is 5.75 Å². The van der Waals surface area contributed by atoms with Gasteiger partial charge < -0.3 is 20.5 Å². The van der Waals surface area contributed by atoms with Crippen LogP contribution in [0.15, 0.2) is 21.1 Å². The molecule has 1 aromatic rings. The van der Waals surface area contributed by atoms with Gasteiger partial charge >= 0.3 is 0 Å². The Morgan fingerprint density at radius 2 is 2.11 bits per heavy atom. The fourth-order valence-corrected chi connectivity index (χ4v) is 2.47. The molecule has 0 heterocycles. The van der Waals surface area contributed by atoms with Gasteiger partial charge in [-0.05, 0) is 37.9 Å². The van der Waals surface area contributed by atoms with E-state index in [9.17, 15) is 4.79 Å². The highest BCUT2D eigenvalue weighted by Crippen LogP contribution is 2.34. The van der Waals surface area contributed by atoms with Gasteiger partial charge in [-0.3, -0.25) is 4.79 Å². The minimum Gasteiger partial charge on any atom is -0.495 e. The second-order valence-electron chi connectivity index (χ2n) is 3.36. The Kier molecular flexibility index (Phi) is 6.62. The Bertz CT molecular complexity index is 427. The zero-order chi connectivity index (χ0) is 13.5. The van der Waals surface area contributed by atoms with Crippen molar-refractivity contribution in [2.24, 2.45) is 5.73 Å². The van der Waals surface area contributed by atoms with Crippen LogP contribution in [0, 0.1) is 0 Å². The molecule has 0 aliphatic rings. The van der Waals surface area contributed by atoms with Crippen LogP contribution in [-0.4, -0.2) is 32.8 Å². The molecule has 0 spiro atoms. The molecule has 0 aromatic heterocycles. The molecule has 1 aromatic carbocycles. The predicted octanol–water partition coefficient (Wildman–Crippen LogP) is 2.13. The monoisotopic (exact) mass is 380 g/mol. The second-order valence-corrected chi connectivity index (χ2v) is 5.06. The molecule has 100 valence electrons. The Morgan fingerprint density at radius 1 is 1.39 bits per heavy atom. The van der Waals surface area contributed by atoms with Crippen molar-refractivity contribution in [1.82, 2.24) is 0 Å². The van der Waals surface area contributed by atoms with Gasteiger partial charge in [0.1, 0.15) is 12.4 Å². The molecular formula is C11H14Br2N2O3. The third-order valence-corrected chi connectivity index (χ3v) is 3.29. The van der Waals surface area contributed by atoms with Gasteiger partial charge in [0.15, 0.2) is 0 Å². The fourth-order valence-electron chi connectivity index (χ4n) is 1.22. The van der Waals surface area contributed by atoms with Crippen LogP contribution in [0.5, 0.6) is 5.75 Å². The fraction of sp³-hybridized carbons (Fsp3) is 0.364. The van der Waals surface area contributed by atoms with E-state index in [4.69, 9.17) is 15.2 Å². The Morgan fingerprint density at radius 3 is 2.72 bits per heavy atom. The number of benzene rings is 1. The molecule has 0 aliphatic heterocycles. The minimum atomic E-state index is -0.242. The van der Waals surface area contributed by atoms with Crippen LogP contribution in [0.3, 0.4) is 0 Å². The normalized spacial score (nSPS) is 10.2. The maximum atomic E-state index is 11.6. The van der Waals surface area contributed by atoms with Gasteiger partial charge in [-0.25, -0.2) is 0 Å². The second kappa shape index (κ2) is 7.73. The van der Waals surface area contributed by atoms with Crippen LogP contribution in [0.2, 0.25) is 0 Å². The number of hydrogen-bond donors (Lipinski definition) is 2. The number of amides is 1. The van der Waals surface area contributed by atoms with Crippen molar-refractivity contribution >= 4 is 43.5 Å². The highest BCUT2D eigenvalue weighted by atomic mass is 79.9. The van der Waals surface area contributed by atoms with Gasteiger partial charge in [0.2, 0.25) is 5.91 Å². The zero-order valence-electron chi connectivity index (χ0n) is 9.83. The summed E-state index contributed by atoms with van der Waals surface area (Å²) in [6.45, 7) is 0.726. The first-order valence-corrected chi connectivity index (χ1v) is 6.77. The number of hydrogen-bond acceptors (Lipinski definition) is 4. The summed E-state index contributed by atoms with van der Waals surface area (Å²) in [6.07, 6.45) is 0. The number of carbonyl (C=O) groups is 1. The van der Waals surface area contributed by atoms with Gasteiger partial charge in [0, 0.05) is 17.1 Å². The number of carbonyl (C=O) groups excluding carboxylic acids is 1. The van der Waals surface area contributed by atoms with Gasteiger partial charge in [0.25, 0.3) is 0 Å². The Labute approximate surface area is 122 Å². The van der Waals surface area contributed by atoms with E-state index in [0.717, 1.165) is 8.95 Å². The van der Waals surface area contributed by atoms with Gasteiger partial charge in [-0.15, -0.1) is 0 Å². The van der Waals surface area contributed by atoms with E-state index in [1.807, 2.05) is 0 Å². The van der Waals surface area contributed by atoms with E-state index in [2.05, 4.69) is 37.2 Å². The number of rotatable bonds is 6. The van der Waals surface area contributed by atoms with Crippen molar-refractivity contribution in [1.29, 1.82) is 0 Å². The summed E-state index contributed by atoms with van der Waals surface area (Å²) < 4.78 is 11.8. The Hall–Kier alpha value is -0.630. The maximum Gasteiger partial charge on any atom is 0.250 e. The van der Waals surface area contributed by atoms with E-state index in [0.29, 0.717) is 24.6 Å². The smallest absolute Gasteiger partial charge is 0.250 e. The quantitative estimate of drug-likeness (QED) is 0.740. The summed E-state index contributed by atoms with van der Waals surface area (Å²) in [7, 11) is 1.56. The number of nitrogens with two attached hydrogens (primary N) is 1. The summed E-state index contributed by atoms with van der Waals surface area (Å²) in [6, 6.07) is 3.52. The zero-order valence-corrected chi connectivity index (χ0v) is 13.0. The highest BCUT2D eigenvalue weighted by Gasteiger charge is 2.10. The van der Waals surface area contributed by atoms with Gasteiger partial charge in [-0.1, -0.05) is 0 Å². The van der Waals surface area contributed by atoms with E-state index in [1.165, 1.54) is 0 Å². The number of nitrogens with one attached hydrogen (secondary N) is 1. The lowest BCUT2D eigenvalue weighted by atomic mass is 10.3. The molecule has 18 heavy (non-hydrogen) atoms. The Balaban J connectivity index is 2.69. The molecule has 0 bridgehead atoms. The minimum absolute atomic E-state index is 0.0258. The molecule has 0 fully saturated rings. The third kappa shape index (κ3) is 4.56. The average molecular weight is 382 g/mol. The van der Waals surface area contributed by atoms with Gasteiger partial charge in [-0.2, -0.15) is 0 Å². The standard InChI is InChI=1S/C11H14Br2N2O3/c1-17-10-5-9(7(12)4-8(10)13)15-11(16)6-18-3-2-14/h4-5H,2-3,6,14H2,1H3,(H,15,16). The summed E-state index contributed by atoms with van der Waals surface area (Å²) in [5.74, 6) is 0.393. The summed E-state index contributed by atoms with van der Waals surface area (Å²) >= 11 is 6.71. The maximum absolute atomic E-state index is 11.6. The van der Waals surface area contributed by atoms with Crippen LogP contribution in [0.4, 0.5) is 5.69 Å². The molecule has 1 amide bonds. The van der Waals surface area contributed by atoms with E-state index < -0.39 is 0 Å². The van der Waals surface area contributed by atoms with Crippen molar-refractivity contribution in [2.45, 2.75) is 0 Å².